The van der Waals surface area contributed by atoms with Gasteiger partial charge in [-0.1, -0.05) is 5.16 Å². The number of nitrogens with zero attached hydrogens (tertiary/aromatic N) is 2. The van der Waals surface area contributed by atoms with Gasteiger partial charge in [-0.25, -0.2) is 4.39 Å². The number of hydrogen-bond donors (Lipinski definition) is 2. The fourth-order valence-electron chi connectivity index (χ4n) is 1.44. The largest absolute Gasteiger partial charge is 0.411 e. The molecule has 1 aliphatic heterocycles. The number of β-amino-alcohol motifs (C(OH)–C–C–N with tert-alkyl or cyclic N) is 1. The SMILES string of the molecule is ON=C1CCN(CC(O)CF)CC1. The van der Waals surface area contributed by atoms with Gasteiger partial charge >= 0.3 is 0 Å². The quantitative estimate of drug-likeness (QED) is 0.495. The molecular formula is C8H15FN2O2. The average Bonchev–Trinajstić information content (AvgIpc) is 2.19. The zero-order valence-electron chi connectivity index (χ0n) is 7.49. The maximum Gasteiger partial charge on any atom is 0.117 e. The summed E-state index contributed by atoms with van der Waals surface area (Å²) in [6.45, 7) is 1.14. The van der Waals surface area contributed by atoms with E-state index in [1.54, 1.807) is 0 Å². The Balaban J connectivity index is 2.25. The Morgan fingerprint density at radius 1 is 1.46 bits per heavy atom. The summed E-state index contributed by atoms with van der Waals surface area (Å²) >= 11 is 0. The summed E-state index contributed by atoms with van der Waals surface area (Å²) in [6.07, 6.45) is 0.526. The maximum atomic E-state index is 11.9. The number of hydrogen-bond acceptors (Lipinski definition) is 4. The topological polar surface area (TPSA) is 56.1 Å². The number of likely N-dealkylation sites (tertiary alicyclic amines) is 1. The fraction of sp³-hybridized carbons (Fsp3) is 0.875. The minimum atomic E-state index is -0.882. The summed E-state index contributed by atoms with van der Waals surface area (Å²) in [7, 11) is 0. The first kappa shape index (κ1) is 10.4. The molecule has 0 aromatic rings. The van der Waals surface area contributed by atoms with E-state index in [-0.39, 0.29) is 0 Å². The van der Waals surface area contributed by atoms with E-state index in [4.69, 9.17) is 10.3 Å². The molecule has 1 saturated heterocycles. The number of halogens is 1. The number of oxime groups is 1. The van der Waals surface area contributed by atoms with Crippen molar-refractivity contribution in [1.82, 2.24) is 4.90 Å². The molecule has 0 saturated carbocycles. The molecule has 0 aromatic heterocycles. The lowest BCUT2D eigenvalue weighted by molar-refractivity contribution is 0.0890. The minimum Gasteiger partial charge on any atom is -0.411 e. The molecule has 13 heavy (non-hydrogen) atoms. The lowest BCUT2D eigenvalue weighted by Gasteiger charge is -2.27. The highest BCUT2D eigenvalue weighted by atomic mass is 19.1. The second-order valence-corrected chi connectivity index (χ2v) is 3.27. The molecule has 4 nitrogen and oxygen atoms in total. The van der Waals surface area contributed by atoms with Crippen LogP contribution in [0.15, 0.2) is 5.16 Å². The molecule has 2 N–H and O–H groups in total. The zero-order valence-corrected chi connectivity index (χ0v) is 7.49. The van der Waals surface area contributed by atoms with Crippen molar-refractivity contribution >= 4 is 5.71 Å². The van der Waals surface area contributed by atoms with Crippen molar-refractivity contribution in [2.75, 3.05) is 26.3 Å². The van der Waals surface area contributed by atoms with E-state index in [1.807, 2.05) is 4.90 Å². The number of alkyl halides is 1. The second kappa shape index (κ2) is 5.14. The normalized spacial score (nSPS) is 21.5. The Labute approximate surface area is 76.7 Å². The van der Waals surface area contributed by atoms with Gasteiger partial charge in [0.2, 0.25) is 0 Å². The highest BCUT2D eigenvalue weighted by Crippen LogP contribution is 2.07. The summed E-state index contributed by atoms with van der Waals surface area (Å²) in [5.41, 5.74) is 0.783. The van der Waals surface area contributed by atoms with E-state index >= 15 is 0 Å². The lowest BCUT2D eigenvalue weighted by Crippen LogP contribution is -2.39. The molecule has 1 aliphatic rings. The van der Waals surface area contributed by atoms with E-state index in [1.165, 1.54) is 0 Å². The predicted octanol–water partition coefficient (Wildman–Crippen LogP) is 0.243. The fourth-order valence-corrected chi connectivity index (χ4v) is 1.44. The molecule has 0 radical (unpaired) electrons. The van der Waals surface area contributed by atoms with Crippen LogP contribution in [0.25, 0.3) is 0 Å². The molecule has 0 bridgehead atoms. The Kier molecular flexibility index (Phi) is 4.11. The van der Waals surface area contributed by atoms with Crippen molar-refractivity contribution in [1.29, 1.82) is 0 Å². The molecule has 0 amide bonds. The highest BCUT2D eigenvalue weighted by Gasteiger charge is 2.17. The number of rotatable bonds is 3. The van der Waals surface area contributed by atoms with Crippen LogP contribution in [0, 0.1) is 0 Å². The van der Waals surface area contributed by atoms with Crippen LogP contribution in [-0.2, 0) is 0 Å². The maximum absolute atomic E-state index is 11.9. The highest BCUT2D eigenvalue weighted by molar-refractivity contribution is 5.84. The summed E-state index contributed by atoms with van der Waals surface area (Å²) in [5.74, 6) is 0. The Morgan fingerprint density at radius 3 is 2.54 bits per heavy atom. The molecule has 76 valence electrons. The van der Waals surface area contributed by atoms with Crippen molar-refractivity contribution in [3.05, 3.63) is 0 Å². The van der Waals surface area contributed by atoms with E-state index in [0.29, 0.717) is 19.4 Å². The predicted molar refractivity (Wildman–Crippen MR) is 46.9 cm³/mol. The monoisotopic (exact) mass is 190 g/mol. The van der Waals surface area contributed by atoms with Crippen molar-refractivity contribution in [2.45, 2.75) is 18.9 Å². The van der Waals surface area contributed by atoms with Crippen LogP contribution >= 0.6 is 0 Å². The van der Waals surface area contributed by atoms with Gasteiger partial charge in [0.15, 0.2) is 0 Å². The smallest absolute Gasteiger partial charge is 0.117 e. The van der Waals surface area contributed by atoms with Gasteiger partial charge in [0, 0.05) is 32.5 Å². The van der Waals surface area contributed by atoms with Gasteiger partial charge in [-0.2, -0.15) is 0 Å². The standard InChI is InChI=1S/C8H15FN2O2/c9-5-8(12)6-11-3-1-7(10-13)2-4-11/h8,12-13H,1-6H2. The molecule has 5 heteroatoms. The third-order valence-corrected chi connectivity index (χ3v) is 2.22. The van der Waals surface area contributed by atoms with Crippen LogP contribution in [0.2, 0.25) is 0 Å². The van der Waals surface area contributed by atoms with E-state index < -0.39 is 12.8 Å². The average molecular weight is 190 g/mol. The van der Waals surface area contributed by atoms with Crippen LogP contribution in [0.3, 0.4) is 0 Å². The summed E-state index contributed by atoms with van der Waals surface area (Å²) in [4.78, 5) is 1.97. The third kappa shape index (κ3) is 3.28. The van der Waals surface area contributed by atoms with Crippen molar-refractivity contribution in [3.63, 3.8) is 0 Å². The lowest BCUT2D eigenvalue weighted by atomic mass is 10.1. The molecule has 0 aliphatic carbocycles. The number of aliphatic hydroxyl groups is 1. The first-order valence-electron chi connectivity index (χ1n) is 4.42. The van der Waals surface area contributed by atoms with Crippen molar-refractivity contribution < 1.29 is 14.7 Å². The molecule has 0 aromatic carbocycles. The summed E-state index contributed by atoms with van der Waals surface area (Å²) in [6, 6.07) is 0. The Hall–Kier alpha value is -0.680. The first-order chi connectivity index (χ1) is 6.26. The van der Waals surface area contributed by atoms with Gasteiger partial charge in [0.05, 0.1) is 11.8 Å². The van der Waals surface area contributed by atoms with Crippen LogP contribution in [0.5, 0.6) is 0 Å². The van der Waals surface area contributed by atoms with Crippen LogP contribution in [0.4, 0.5) is 4.39 Å². The van der Waals surface area contributed by atoms with Crippen LogP contribution in [-0.4, -0.2) is 53.3 Å². The Bertz CT molecular complexity index is 177. The summed E-state index contributed by atoms with van der Waals surface area (Å²) in [5, 5.41) is 20.6. The van der Waals surface area contributed by atoms with Gasteiger partial charge in [-0.3, -0.25) is 4.90 Å². The minimum absolute atomic E-state index is 0.370. The van der Waals surface area contributed by atoms with Gasteiger partial charge in [0.25, 0.3) is 0 Å². The Morgan fingerprint density at radius 2 is 2.08 bits per heavy atom. The van der Waals surface area contributed by atoms with Crippen LogP contribution < -0.4 is 0 Å². The molecule has 0 spiro atoms. The van der Waals surface area contributed by atoms with Crippen molar-refractivity contribution in [3.8, 4) is 0 Å². The van der Waals surface area contributed by atoms with Gasteiger partial charge in [-0.05, 0) is 0 Å². The molecular weight excluding hydrogens is 175 g/mol. The second-order valence-electron chi connectivity index (χ2n) is 3.27. The first-order valence-corrected chi connectivity index (χ1v) is 4.42. The van der Waals surface area contributed by atoms with Crippen molar-refractivity contribution in [2.24, 2.45) is 5.16 Å². The van der Waals surface area contributed by atoms with Crippen LogP contribution in [0.1, 0.15) is 12.8 Å². The van der Waals surface area contributed by atoms with E-state index in [2.05, 4.69) is 5.16 Å². The van der Waals surface area contributed by atoms with Gasteiger partial charge in [0.1, 0.15) is 6.67 Å². The zero-order chi connectivity index (χ0) is 9.68. The number of piperidine rings is 1. The van der Waals surface area contributed by atoms with Gasteiger partial charge in [-0.15, -0.1) is 0 Å². The third-order valence-electron chi connectivity index (χ3n) is 2.22. The number of aliphatic hydroxyl groups excluding tert-OH is 1. The molecule has 1 rings (SSSR count). The molecule has 1 atom stereocenters. The van der Waals surface area contributed by atoms with Gasteiger partial charge < -0.3 is 10.3 Å². The molecule has 1 heterocycles. The molecule has 1 unspecified atom stereocenters. The molecule has 1 fully saturated rings. The summed E-state index contributed by atoms with van der Waals surface area (Å²) < 4.78 is 11.9. The van der Waals surface area contributed by atoms with E-state index in [0.717, 1.165) is 18.8 Å². The van der Waals surface area contributed by atoms with E-state index in [9.17, 15) is 4.39 Å².